The molecular weight excluding hydrogens is 426 g/mol. The van der Waals surface area contributed by atoms with Crippen molar-refractivity contribution in [2.24, 2.45) is 0 Å². The molecule has 154 valence electrons. The predicted octanol–water partition coefficient (Wildman–Crippen LogP) is 4.17. The number of nitrogens with zero attached hydrogens (tertiary/aromatic N) is 2. The molecule has 0 spiro atoms. The van der Waals surface area contributed by atoms with Crippen LogP contribution < -0.4 is 10.2 Å². The van der Waals surface area contributed by atoms with Crippen molar-refractivity contribution in [2.45, 2.75) is 0 Å². The van der Waals surface area contributed by atoms with Crippen molar-refractivity contribution in [3.8, 4) is 11.3 Å². The van der Waals surface area contributed by atoms with Gasteiger partial charge in [-0.3, -0.25) is 25.0 Å². The van der Waals surface area contributed by atoms with Crippen LogP contribution in [0.15, 0.2) is 70.7 Å². The number of halogens is 1. The number of imide groups is 2. The van der Waals surface area contributed by atoms with E-state index in [1.807, 2.05) is 0 Å². The zero-order chi connectivity index (χ0) is 22.1. The van der Waals surface area contributed by atoms with Gasteiger partial charge in [-0.2, -0.15) is 0 Å². The molecule has 1 N–H and O–H groups in total. The summed E-state index contributed by atoms with van der Waals surface area (Å²) in [6.45, 7) is 0. The van der Waals surface area contributed by atoms with E-state index in [9.17, 15) is 24.5 Å². The molecule has 2 aromatic carbocycles. The van der Waals surface area contributed by atoms with Gasteiger partial charge in [0.25, 0.3) is 17.5 Å². The number of amides is 4. The molecule has 9 nitrogen and oxygen atoms in total. The summed E-state index contributed by atoms with van der Waals surface area (Å²) in [6.07, 6.45) is 1.20. The highest BCUT2D eigenvalue weighted by molar-refractivity contribution is 6.39. The van der Waals surface area contributed by atoms with E-state index in [1.165, 1.54) is 54.6 Å². The Hall–Kier alpha value is -4.24. The molecule has 1 aromatic heterocycles. The van der Waals surface area contributed by atoms with Crippen molar-refractivity contribution in [3.05, 3.63) is 87.1 Å². The van der Waals surface area contributed by atoms with Crippen LogP contribution in [0.25, 0.3) is 17.4 Å². The largest absolute Gasteiger partial charge is 0.457 e. The molecule has 10 heteroatoms. The summed E-state index contributed by atoms with van der Waals surface area (Å²) < 4.78 is 5.64. The van der Waals surface area contributed by atoms with Crippen LogP contribution in [0.1, 0.15) is 5.76 Å². The SMILES string of the molecule is O=C1NC(=O)N(c2ccc(Cl)cc2)C(=O)/C1=C\c1ccc(-c2cccc([N+](=O)[O-])c2)o1. The number of anilines is 1. The molecule has 0 unspecified atom stereocenters. The van der Waals surface area contributed by atoms with Crippen LogP contribution in [-0.2, 0) is 9.59 Å². The number of furan rings is 1. The van der Waals surface area contributed by atoms with Crippen LogP contribution in [-0.4, -0.2) is 22.8 Å². The first kappa shape index (κ1) is 20.0. The van der Waals surface area contributed by atoms with Crippen molar-refractivity contribution in [1.82, 2.24) is 5.32 Å². The number of hydrogen-bond acceptors (Lipinski definition) is 6. The molecule has 0 aliphatic carbocycles. The Morgan fingerprint density at radius 2 is 1.77 bits per heavy atom. The van der Waals surface area contributed by atoms with Crippen molar-refractivity contribution in [3.63, 3.8) is 0 Å². The van der Waals surface area contributed by atoms with Gasteiger partial charge in [0.15, 0.2) is 0 Å². The van der Waals surface area contributed by atoms with E-state index in [0.29, 0.717) is 16.3 Å². The van der Waals surface area contributed by atoms with Gasteiger partial charge in [0, 0.05) is 22.7 Å². The number of barbiturate groups is 1. The van der Waals surface area contributed by atoms with Crippen molar-refractivity contribution in [1.29, 1.82) is 0 Å². The number of non-ortho nitro benzene ring substituents is 1. The fraction of sp³-hybridized carbons (Fsp3) is 0. The number of carbonyl (C=O) groups excluding carboxylic acids is 3. The van der Waals surface area contributed by atoms with E-state index in [2.05, 4.69) is 5.32 Å². The molecule has 1 saturated heterocycles. The predicted molar refractivity (Wildman–Crippen MR) is 111 cm³/mol. The zero-order valence-electron chi connectivity index (χ0n) is 15.6. The van der Waals surface area contributed by atoms with E-state index < -0.39 is 22.8 Å². The van der Waals surface area contributed by atoms with Crippen molar-refractivity contribution >= 4 is 46.9 Å². The number of benzene rings is 2. The van der Waals surface area contributed by atoms with Crippen LogP contribution in [0.3, 0.4) is 0 Å². The Kier molecular flexibility index (Phi) is 5.10. The van der Waals surface area contributed by atoms with E-state index in [4.69, 9.17) is 16.0 Å². The Balaban J connectivity index is 1.66. The number of nitrogens with one attached hydrogen (secondary N) is 1. The fourth-order valence-corrected chi connectivity index (χ4v) is 3.11. The van der Waals surface area contributed by atoms with Gasteiger partial charge in [-0.1, -0.05) is 23.7 Å². The molecule has 3 aromatic rings. The van der Waals surface area contributed by atoms with Crippen molar-refractivity contribution < 1.29 is 23.7 Å². The lowest BCUT2D eigenvalue weighted by atomic mass is 10.1. The lowest BCUT2D eigenvalue weighted by molar-refractivity contribution is -0.384. The maximum atomic E-state index is 12.9. The quantitative estimate of drug-likeness (QED) is 0.283. The van der Waals surface area contributed by atoms with Crippen molar-refractivity contribution in [2.75, 3.05) is 4.90 Å². The van der Waals surface area contributed by atoms with E-state index in [1.54, 1.807) is 12.1 Å². The minimum atomic E-state index is -0.883. The number of carbonyl (C=O) groups is 3. The van der Waals surface area contributed by atoms with Crippen LogP contribution in [0.2, 0.25) is 5.02 Å². The summed E-state index contributed by atoms with van der Waals surface area (Å²) >= 11 is 5.84. The summed E-state index contributed by atoms with van der Waals surface area (Å²) in [5, 5.41) is 13.5. The molecule has 31 heavy (non-hydrogen) atoms. The lowest BCUT2D eigenvalue weighted by Gasteiger charge is -2.26. The first-order valence-corrected chi connectivity index (χ1v) is 9.23. The highest BCUT2D eigenvalue weighted by Gasteiger charge is 2.37. The molecule has 1 fully saturated rings. The summed E-state index contributed by atoms with van der Waals surface area (Å²) in [5.74, 6) is -1.23. The van der Waals surface area contributed by atoms with Crippen LogP contribution in [0.5, 0.6) is 0 Å². The second kappa shape index (κ2) is 7.88. The zero-order valence-corrected chi connectivity index (χ0v) is 16.3. The van der Waals surface area contributed by atoms with Gasteiger partial charge in [-0.05, 0) is 42.5 Å². The average molecular weight is 438 g/mol. The monoisotopic (exact) mass is 437 g/mol. The molecule has 4 rings (SSSR count). The first-order valence-electron chi connectivity index (χ1n) is 8.85. The summed E-state index contributed by atoms with van der Waals surface area (Å²) in [4.78, 5) is 48.6. The van der Waals surface area contributed by atoms with Gasteiger partial charge in [0.1, 0.15) is 17.1 Å². The van der Waals surface area contributed by atoms with E-state index in [-0.39, 0.29) is 22.7 Å². The molecule has 1 aliphatic rings. The molecular formula is C21H12ClN3O6. The number of hydrogen-bond donors (Lipinski definition) is 1. The number of nitro groups is 1. The number of rotatable bonds is 4. The molecule has 0 bridgehead atoms. The normalized spacial score (nSPS) is 15.3. The maximum Gasteiger partial charge on any atom is 0.335 e. The second-order valence-corrected chi connectivity index (χ2v) is 6.88. The summed E-state index contributed by atoms with van der Waals surface area (Å²) in [5.41, 5.74) is 0.278. The highest BCUT2D eigenvalue weighted by Crippen LogP contribution is 2.28. The summed E-state index contributed by atoms with van der Waals surface area (Å²) in [7, 11) is 0. The van der Waals surface area contributed by atoms with Crippen LogP contribution >= 0.6 is 11.6 Å². The van der Waals surface area contributed by atoms with Gasteiger partial charge in [0.2, 0.25) is 0 Å². The Morgan fingerprint density at radius 1 is 1.03 bits per heavy atom. The average Bonchev–Trinajstić information content (AvgIpc) is 3.21. The maximum absolute atomic E-state index is 12.9. The fourth-order valence-electron chi connectivity index (χ4n) is 2.98. The highest BCUT2D eigenvalue weighted by atomic mass is 35.5. The van der Waals surface area contributed by atoms with Gasteiger partial charge < -0.3 is 4.42 Å². The van der Waals surface area contributed by atoms with Crippen LogP contribution in [0.4, 0.5) is 16.2 Å². The minimum Gasteiger partial charge on any atom is -0.457 e. The Labute approximate surface area is 179 Å². The molecule has 1 aliphatic heterocycles. The third-order valence-electron chi connectivity index (χ3n) is 4.44. The smallest absolute Gasteiger partial charge is 0.335 e. The van der Waals surface area contributed by atoms with Gasteiger partial charge in [-0.25, -0.2) is 9.69 Å². The minimum absolute atomic E-state index is 0.104. The summed E-state index contributed by atoms with van der Waals surface area (Å²) in [6, 6.07) is 14.0. The molecule has 0 radical (unpaired) electrons. The standard InChI is InChI=1S/C21H12ClN3O6/c22-13-4-6-14(7-5-13)24-20(27)17(19(26)23-21(24)28)11-16-8-9-18(31-16)12-2-1-3-15(10-12)25(29)30/h1-11H,(H,23,26,28)/b17-11-. The van der Waals surface area contributed by atoms with E-state index >= 15 is 0 Å². The topological polar surface area (TPSA) is 123 Å². The van der Waals surface area contributed by atoms with Gasteiger partial charge in [0.05, 0.1) is 10.6 Å². The first-order chi connectivity index (χ1) is 14.8. The molecule has 4 amide bonds. The van der Waals surface area contributed by atoms with Crippen LogP contribution in [0, 0.1) is 10.1 Å². The molecule has 2 heterocycles. The van der Waals surface area contributed by atoms with Gasteiger partial charge in [-0.15, -0.1) is 0 Å². The molecule has 0 atom stereocenters. The van der Waals surface area contributed by atoms with Gasteiger partial charge >= 0.3 is 6.03 Å². The Morgan fingerprint density at radius 3 is 2.48 bits per heavy atom. The Bertz CT molecular complexity index is 1260. The third kappa shape index (κ3) is 3.94. The number of nitro benzene ring substituents is 1. The second-order valence-electron chi connectivity index (χ2n) is 6.44. The third-order valence-corrected chi connectivity index (χ3v) is 4.69. The lowest BCUT2D eigenvalue weighted by Crippen LogP contribution is -2.54. The van der Waals surface area contributed by atoms with E-state index in [0.717, 1.165) is 4.90 Å². The molecule has 0 saturated carbocycles. The number of urea groups is 1.